The summed E-state index contributed by atoms with van der Waals surface area (Å²) in [5.41, 5.74) is 1.03. The fraction of sp³-hybridized carbons (Fsp3) is 0.333. The molecule has 0 saturated heterocycles. The summed E-state index contributed by atoms with van der Waals surface area (Å²) < 4.78 is 0. The molecule has 1 saturated carbocycles. The molecule has 128 valence electrons. The molecule has 2 N–H and O–H groups in total. The maximum absolute atomic E-state index is 12.8. The molecule has 2 heterocycles. The number of anilines is 1. The molecule has 1 aromatic heterocycles. The van der Waals surface area contributed by atoms with Gasteiger partial charge in [-0.2, -0.15) is 5.10 Å². The first-order valence-corrected chi connectivity index (χ1v) is 8.48. The Morgan fingerprint density at radius 1 is 1.08 bits per heavy atom. The summed E-state index contributed by atoms with van der Waals surface area (Å²) in [5, 5.41) is 9.07. The van der Waals surface area contributed by atoms with Crippen LogP contribution in [0, 0.1) is 0 Å². The van der Waals surface area contributed by atoms with Gasteiger partial charge >= 0.3 is 0 Å². The van der Waals surface area contributed by atoms with Gasteiger partial charge in [0.25, 0.3) is 17.7 Å². The third-order valence-corrected chi connectivity index (χ3v) is 4.87. The number of amides is 3. The number of carbonyl (C=O) groups excluding carboxylic acids is 3. The van der Waals surface area contributed by atoms with Crippen LogP contribution in [0.5, 0.6) is 0 Å². The van der Waals surface area contributed by atoms with Crippen molar-refractivity contribution >= 4 is 23.5 Å². The van der Waals surface area contributed by atoms with Gasteiger partial charge in [0.2, 0.25) is 0 Å². The largest absolute Gasteiger partial charge is 0.307 e. The fourth-order valence-corrected chi connectivity index (χ4v) is 3.59. The van der Waals surface area contributed by atoms with Crippen LogP contribution in [0.4, 0.5) is 5.82 Å². The number of H-pyrrole nitrogens is 1. The van der Waals surface area contributed by atoms with E-state index in [0.29, 0.717) is 22.5 Å². The average molecular weight is 338 g/mol. The van der Waals surface area contributed by atoms with E-state index in [-0.39, 0.29) is 23.8 Å². The first kappa shape index (κ1) is 15.6. The number of benzene rings is 1. The van der Waals surface area contributed by atoms with Crippen LogP contribution in [0.3, 0.4) is 0 Å². The smallest absolute Gasteiger partial charge is 0.261 e. The van der Waals surface area contributed by atoms with Gasteiger partial charge in [0.05, 0.1) is 17.3 Å². The number of hydrogen-bond donors (Lipinski definition) is 2. The van der Waals surface area contributed by atoms with Crippen LogP contribution in [-0.2, 0) is 0 Å². The van der Waals surface area contributed by atoms with Crippen molar-refractivity contribution in [3.63, 3.8) is 0 Å². The van der Waals surface area contributed by atoms with Crippen molar-refractivity contribution in [2.24, 2.45) is 0 Å². The van der Waals surface area contributed by atoms with E-state index in [2.05, 4.69) is 15.5 Å². The maximum atomic E-state index is 12.8. The number of rotatable bonds is 3. The Kier molecular flexibility index (Phi) is 3.83. The number of nitrogens with one attached hydrogen (secondary N) is 2. The molecule has 1 aromatic carbocycles. The molecule has 25 heavy (non-hydrogen) atoms. The lowest BCUT2D eigenvalue weighted by molar-refractivity contribution is 0.0549. The number of aromatic nitrogens is 2. The molecular weight excluding hydrogens is 320 g/mol. The van der Waals surface area contributed by atoms with Gasteiger partial charge in [0.15, 0.2) is 0 Å². The monoisotopic (exact) mass is 338 g/mol. The summed E-state index contributed by atoms with van der Waals surface area (Å²) in [6, 6.07) is 6.25. The third-order valence-electron chi connectivity index (χ3n) is 4.87. The maximum Gasteiger partial charge on any atom is 0.261 e. The minimum absolute atomic E-state index is 0.0246. The van der Waals surface area contributed by atoms with E-state index >= 15 is 0 Å². The fourth-order valence-electron chi connectivity index (χ4n) is 3.59. The molecule has 7 nitrogen and oxygen atoms in total. The van der Waals surface area contributed by atoms with Gasteiger partial charge in [0.1, 0.15) is 5.82 Å². The zero-order valence-corrected chi connectivity index (χ0v) is 13.6. The quantitative estimate of drug-likeness (QED) is 0.841. The highest BCUT2D eigenvalue weighted by molar-refractivity contribution is 6.22. The molecule has 2 aromatic rings. The van der Waals surface area contributed by atoms with Gasteiger partial charge in [-0.25, -0.2) is 0 Å². The number of carbonyl (C=O) groups is 3. The normalized spacial score (nSPS) is 17.7. The summed E-state index contributed by atoms with van der Waals surface area (Å²) in [6.07, 6.45) is 6.48. The first-order valence-electron chi connectivity index (χ1n) is 8.48. The Morgan fingerprint density at radius 3 is 2.56 bits per heavy atom. The van der Waals surface area contributed by atoms with Crippen LogP contribution >= 0.6 is 0 Å². The van der Waals surface area contributed by atoms with Crippen LogP contribution < -0.4 is 5.32 Å². The summed E-state index contributed by atoms with van der Waals surface area (Å²) in [6.45, 7) is 0. The molecule has 0 unspecified atom stereocenters. The van der Waals surface area contributed by atoms with Gasteiger partial charge in [0, 0.05) is 17.7 Å². The van der Waals surface area contributed by atoms with Crippen LogP contribution in [-0.4, -0.2) is 38.9 Å². The number of imide groups is 1. The van der Waals surface area contributed by atoms with Crippen molar-refractivity contribution in [1.29, 1.82) is 0 Å². The Morgan fingerprint density at radius 2 is 1.84 bits per heavy atom. The van der Waals surface area contributed by atoms with Crippen LogP contribution in [0.2, 0.25) is 0 Å². The van der Waals surface area contributed by atoms with E-state index in [0.717, 1.165) is 32.1 Å². The van der Waals surface area contributed by atoms with Crippen molar-refractivity contribution in [2.45, 2.75) is 38.1 Å². The van der Waals surface area contributed by atoms with Gasteiger partial charge in [-0.15, -0.1) is 0 Å². The molecule has 0 spiro atoms. The standard InChI is InChI=1S/C18H18N4O3/c23-16(20-15-8-9-19-21-15)11-6-7-13-14(10-11)18(25)22(17(13)24)12-4-2-1-3-5-12/h6-10,12H,1-5H2,(H2,19,20,21,23). The number of aromatic amines is 1. The Labute approximate surface area is 144 Å². The zero-order chi connectivity index (χ0) is 17.4. The van der Waals surface area contributed by atoms with E-state index in [1.807, 2.05) is 0 Å². The molecule has 4 rings (SSSR count). The second-order valence-electron chi connectivity index (χ2n) is 6.46. The highest BCUT2D eigenvalue weighted by atomic mass is 16.2. The van der Waals surface area contributed by atoms with E-state index in [1.54, 1.807) is 18.2 Å². The van der Waals surface area contributed by atoms with E-state index in [9.17, 15) is 14.4 Å². The number of fused-ring (bicyclic) bond motifs is 1. The number of nitrogens with zero attached hydrogens (tertiary/aromatic N) is 2. The molecular formula is C18H18N4O3. The van der Waals surface area contributed by atoms with Crippen LogP contribution in [0.1, 0.15) is 63.2 Å². The van der Waals surface area contributed by atoms with Gasteiger partial charge in [-0.1, -0.05) is 19.3 Å². The topological polar surface area (TPSA) is 95.2 Å². The van der Waals surface area contributed by atoms with Crippen molar-refractivity contribution in [2.75, 3.05) is 5.32 Å². The second kappa shape index (κ2) is 6.16. The van der Waals surface area contributed by atoms with Crippen LogP contribution in [0.15, 0.2) is 30.5 Å². The zero-order valence-electron chi connectivity index (χ0n) is 13.6. The Balaban J connectivity index is 1.59. The average Bonchev–Trinajstić information content (AvgIpc) is 3.23. The molecule has 0 atom stereocenters. The SMILES string of the molecule is O=C(Nc1ccn[nH]1)c1ccc2c(c1)C(=O)N(C1CCCCC1)C2=O. The van der Waals surface area contributed by atoms with Gasteiger partial charge < -0.3 is 5.32 Å². The van der Waals surface area contributed by atoms with Crippen molar-refractivity contribution in [1.82, 2.24) is 15.1 Å². The lowest BCUT2D eigenvalue weighted by Gasteiger charge is -2.29. The Hall–Kier alpha value is -2.96. The van der Waals surface area contributed by atoms with Crippen LogP contribution in [0.25, 0.3) is 0 Å². The second-order valence-corrected chi connectivity index (χ2v) is 6.46. The molecule has 3 amide bonds. The van der Waals surface area contributed by atoms with E-state index in [4.69, 9.17) is 0 Å². The minimum atomic E-state index is -0.358. The lowest BCUT2D eigenvalue weighted by atomic mass is 9.94. The molecule has 7 heteroatoms. The summed E-state index contributed by atoms with van der Waals surface area (Å²) in [4.78, 5) is 39.1. The Bertz CT molecular complexity index is 838. The van der Waals surface area contributed by atoms with E-state index in [1.165, 1.54) is 17.2 Å². The number of hydrogen-bond acceptors (Lipinski definition) is 4. The van der Waals surface area contributed by atoms with Crippen molar-refractivity contribution < 1.29 is 14.4 Å². The van der Waals surface area contributed by atoms with Gasteiger partial charge in [-0.05, 0) is 31.0 Å². The summed E-state index contributed by atoms with van der Waals surface area (Å²) >= 11 is 0. The highest BCUT2D eigenvalue weighted by Crippen LogP contribution is 2.31. The molecule has 0 bridgehead atoms. The third kappa shape index (κ3) is 2.71. The van der Waals surface area contributed by atoms with Gasteiger partial charge in [-0.3, -0.25) is 24.4 Å². The summed E-state index contributed by atoms with van der Waals surface area (Å²) in [5.74, 6) is -0.421. The lowest BCUT2D eigenvalue weighted by Crippen LogP contribution is -2.40. The van der Waals surface area contributed by atoms with E-state index < -0.39 is 0 Å². The van der Waals surface area contributed by atoms with Crippen molar-refractivity contribution in [3.8, 4) is 0 Å². The predicted octanol–water partition coefficient (Wildman–Crippen LogP) is 2.59. The minimum Gasteiger partial charge on any atom is -0.307 e. The molecule has 0 radical (unpaired) electrons. The molecule has 1 fully saturated rings. The molecule has 1 aliphatic carbocycles. The summed E-state index contributed by atoms with van der Waals surface area (Å²) in [7, 11) is 0. The molecule has 2 aliphatic rings. The van der Waals surface area contributed by atoms with Crippen molar-refractivity contribution in [3.05, 3.63) is 47.2 Å². The first-order chi connectivity index (χ1) is 12.1. The molecule has 1 aliphatic heterocycles. The highest BCUT2D eigenvalue weighted by Gasteiger charge is 2.40. The predicted molar refractivity (Wildman–Crippen MR) is 90.4 cm³/mol.